The van der Waals surface area contributed by atoms with Crippen LogP contribution < -0.4 is 14.9 Å². The summed E-state index contributed by atoms with van der Waals surface area (Å²) in [6, 6.07) is 8.69. The number of halogens is 1. The molecule has 0 unspecified atom stereocenters. The van der Waals surface area contributed by atoms with Gasteiger partial charge in [-0.2, -0.15) is 5.10 Å². The van der Waals surface area contributed by atoms with E-state index in [0.29, 0.717) is 23.8 Å². The second-order valence-corrected chi connectivity index (χ2v) is 5.24. The van der Waals surface area contributed by atoms with E-state index in [4.69, 9.17) is 9.47 Å². The van der Waals surface area contributed by atoms with Crippen molar-refractivity contribution in [3.8, 4) is 11.5 Å². The number of hydrogen-bond donors (Lipinski definition) is 1. The van der Waals surface area contributed by atoms with Crippen molar-refractivity contribution in [1.29, 1.82) is 0 Å². The number of benzene rings is 1. The van der Waals surface area contributed by atoms with E-state index in [0.717, 1.165) is 10.0 Å². The first-order valence-electron chi connectivity index (χ1n) is 6.90. The molecule has 2 aromatic rings. The van der Waals surface area contributed by atoms with E-state index in [1.54, 1.807) is 37.6 Å². The molecule has 0 radical (unpaired) electrons. The van der Waals surface area contributed by atoms with Crippen molar-refractivity contribution in [2.45, 2.75) is 6.92 Å². The van der Waals surface area contributed by atoms with Gasteiger partial charge in [0.15, 0.2) is 11.5 Å². The number of hydrazone groups is 1. The lowest BCUT2D eigenvalue weighted by Crippen LogP contribution is -2.18. The van der Waals surface area contributed by atoms with Crippen LogP contribution in [0.5, 0.6) is 11.5 Å². The maximum atomic E-state index is 11.8. The molecule has 2 rings (SSSR count). The van der Waals surface area contributed by atoms with E-state index in [2.05, 4.69) is 31.4 Å². The van der Waals surface area contributed by atoms with Crippen LogP contribution >= 0.6 is 15.9 Å². The lowest BCUT2D eigenvalue weighted by atomic mass is 10.2. The summed E-state index contributed by atoms with van der Waals surface area (Å²) in [7, 11) is 1.57. The smallest absolute Gasteiger partial charge is 0.289 e. The molecule has 0 saturated carbocycles. The predicted molar refractivity (Wildman–Crippen MR) is 91.2 cm³/mol. The molecule has 0 aliphatic heterocycles. The highest BCUT2D eigenvalue weighted by atomic mass is 79.9. The summed E-state index contributed by atoms with van der Waals surface area (Å²) in [4.78, 5) is 15.8. The van der Waals surface area contributed by atoms with Crippen LogP contribution in [0.3, 0.4) is 0 Å². The first-order valence-corrected chi connectivity index (χ1v) is 7.69. The highest BCUT2D eigenvalue weighted by molar-refractivity contribution is 9.10. The van der Waals surface area contributed by atoms with Crippen molar-refractivity contribution in [3.05, 3.63) is 52.3 Å². The molecule has 0 aliphatic rings. The number of nitrogens with zero attached hydrogens (tertiary/aromatic N) is 2. The summed E-state index contributed by atoms with van der Waals surface area (Å²) in [5.41, 5.74) is 3.48. The minimum atomic E-state index is -0.376. The Balaban J connectivity index is 2.12. The molecule has 1 amide bonds. The molecule has 1 aromatic heterocycles. The average molecular weight is 378 g/mol. The highest BCUT2D eigenvalue weighted by Gasteiger charge is 2.10. The Morgan fingerprint density at radius 2 is 2.26 bits per heavy atom. The molecule has 23 heavy (non-hydrogen) atoms. The number of nitrogens with one attached hydrogen (secondary N) is 1. The van der Waals surface area contributed by atoms with Crippen molar-refractivity contribution in [2.24, 2.45) is 5.10 Å². The second kappa shape index (κ2) is 8.28. The van der Waals surface area contributed by atoms with Gasteiger partial charge in [0.1, 0.15) is 5.69 Å². The van der Waals surface area contributed by atoms with Gasteiger partial charge in [-0.3, -0.25) is 9.78 Å². The summed E-state index contributed by atoms with van der Waals surface area (Å²) in [6.45, 7) is 2.40. The summed E-state index contributed by atoms with van der Waals surface area (Å²) in [5.74, 6) is 0.836. The number of hydrogen-bond acceptors (Lipinski definition) is 5. The Labute approximate surface area is 142 Å². The Kier molecular flexibility index (Phi) is 6.10. The van der Waals surface area contributed by atoms with Gasteiger partial charge < -0.3 is 9.47 Å². The number of amides is 1. The molecule has 1 heterocycles. The molecule has 1 aromatic carbocycles. The van der Waals surface area contributed by atoms with Gasteiger partial charge in [-0.1, -0.05) is 6.07 Å². The van der Waals surface area contributed by atoms with Crippen LogP contribution in [-0.4, -0.2) is 30.8 Å². The maximum Gasteiger partial charge on any atom is 0.289 e. The van der Waals surface area contributed by atoms with Crippen molar-refractivity contribution in [2.75, 3.05) is 13.7 Å². The summed E-state index contributed by atoms with van der Waals surface area (Å²) in [5, 5.41) is 3.93. The zero-order chi connectivity index (χ0) is 16.7. The van der Waals surface area contributed by atoms with E-state index >= 15 is 0 Å². The zero-order valence-electron chi connectivity index (χ0n) is 12.7. The number of rotatable bonds is 6. The fourth-order valence-corrected chi connectivity index (χ4v) is 2.46. The molecule has 1 N–H and O–H groups in total. The third-order valence-electron chi connectivity index (χ3n) is 2.81. The van der Waals surface area contributed by atoms with Crippen molar-refractivity contribution in [1.82, 2.24) is 10.4 Å². The van der Waals surface area contributed by atoms with Crippen LogP contribution in [0.25, 0.3) is 0 Å². The van der Waals surface area contributed by atoms with Gasteiger partial charge in [-0.05, 0) is 52.7 Å². The Morgan fingerprint density at radius 3 is 2.91 bits per heavy atom. The number of methoxy groups -OCH3 is 1. The number of carbonyl (C=O) groups excluding carboxylic acids is 1. The first-order chi connectivity index (χ1) is 11.2. The monoisotopic (exact) mass is 377 g/mol. The third-order valence-corrected chi connectivity index (χ3v) is 3.40. The molecule has 0 spiro atoms. The molecule has 7 heteroatoms. The van der Waals surface area contributed by atoms with Gasteiger partial charge in [-0.15, -0.1) is 0 Å². The van der Waals surface area contributed by atoms with E-state index in [1.165, 1.54) is 6.21 Å². The molecule has 6 nitrogen and oxygen atoms in total. The standard InChI is InChI=1S/C16H16BrN3O3/c1-3-23-14-9-11(8-12(17)15(14)22-2)10-19-20-16(21)13-6-4-5-7-18-13/h4-10H,3H2,1-2H3,(H,20,21)/b19-10-. The Bertz CT molecular complexity index is 705. The number of aromatic nitrogens is 1. The predicted octanol–water partition coefficient (Wildman–Crippen LogP) is 3.02. The number of carbonyl (C=O) groups is 1. The van der Waals surface area contributed by atoms with Crippen LogP contribution in [0, 0.1) is 0 Å². The van der Waals surface area contributed by atoms with Gasteiger partial charge in [0.25, 0.3) is 5.91 Å². The minimum Gasteiger partial charge on any atom is -0.492 e. The molecule has 0 atom stereocenters. The summed E-state index contributed by atoms with van der Waals surface area (Å²) >= 11 is 3.42. The fourth-order valence-electron chi connectivity index (χ4n) is 1.84. The van der Waals surface area contributed by atoms with E-state index in [-0.39, 0.29) is 5.91 Å². The van der Waals surface area contributed by atoms with Gasteiger partial charge in [-0.25, -0.2) is 5.43 Å². The average Bonchev–Trinajstić information content (AvgIpc) is 2.56. The van der Waals surface area contributed by atoms with E-state index in [9.17, 15) is 4.79 Å². The van der Waals surface area contributed by atoms with Gasteiger partial charge in [0.2, 0.25) is 0 Å². The Morgan fingerprint density at radius 1 is 1.43 bits per heavy atom. The molecular weight excluding hydrogens is 362 g/mol. The molecule has 0 fully saturated rings. The molecule has 120 valence electrons. The third kappa shape index (κ3) is 4.53. The van der Waals surface area contributed by atoms with E-state index in [1.807, 2.05) is 13.0 Å². The lowest BCUT2D eigenvalue weighted by Gasteiger charge is -2.11. The maximum absolute atomic E-state index is 11.8. The largest absolute Gasteiger partial charge is 0.492 e. The van der Waals surface area contributed by atoms with Crippen LogP contribution in [0.15, 0.2) is 46.1 Å². The normalized spacial score (nSPS) is 10.6. The molecular formula is C16H16BrN3O3. The quantitative estimate of drug-likeness (QED) is 0.620. The highest BCUT2D eigenvalue weighted by Crippen LogP contribution is 2.36. The SMILES string of the molecule is CCOc1cc(/C=N\NC(=O)c2ccccn2)cc(Br)c1OC. The van der Waals surface area contributed by atoms with Gasteiger partial charge in [0, 0.05) is 6.20 Å². The Hall–Kier alpha value is -2.41. The summed E-state index contributed by atoms with van der Waals surface area (Å²) in [6.07, 6.45) is 3.07. The lowest BCUT2D eigenvalue weighted by molar-refractivity contribution is 0.0950. The summed E-state index contributed by atoms with van der Waals surface area (Å²) < 4.78 is 11.6. The first kappa shape index (κ1) is 17.0. The van der Waals surface area contributed by atoms with E-state index < -0.39 is 0 Å². The van der Waals surface area contributed by atoms with Crippen molar-refractivity contribution in [3.63, 3.8) is 0 Å². The second-order valence-electron chi connectivity index (χ2n) is 4.38. The zero-order valence-corrected chi connectivity index (χ0v) is 14.3. The topological polar surface area (TPSA) is 72.8 Å². The number of ether oxygens (including phenoxy) is 2. The van der Waals surface area contributed by atoms with Gasteiger partial charge >= 0.3 is 0 Å². The van der Waals surface area contributed by atoms with Crippen molar-refractivity contribution >= 4 is 28.1 Å². The number of pyridine rings is 1. The van der Waals surface area contributed by atoms with Gasteiger partial charge in [0.05, 0.1) is 24.4 Å². The molecule has 0 saturated heterocycles. The van der Waals surface area contributed by atoms with Crippen LogP contribution in [0.4, 0.5) is 0 Å². The molecule has 0 aliphatic carbocycles. The van der Waals surface area contributed by atoms with Crippen molar-refractivity contribution < 1.29 is 14.3 Å². The fraction of sp³-hybridized carbons (Fsp3) is 0.188. The molecule has 0 bridgehead atoms. The van der Waals surface area contributed by atoms with Crippen LogP contribution in [-0.2, 0) is 0 Å². The van der Waals surface area contributed by atoms with Crippen LogP contribution in [0.2, 0.25) is 0 Å². The van der Waals surface area contributed by atoms with Crippen LogP contribution in [0.1, 0.15) is 23.0 Å². The minimum absolute atomic E-state index is 0.301.